The van der Waals surface area contributed by atoms with Gasteiger partial charge in [-0.15, -0.1) is 0 Å². The molecular weight excluding hydrogens is 224 g/mol. The van der Waals surface area contributed by atoms with Gasteiger partial charge in [0.2, 0.25) is 5.88 Å². The standard InChI is InChI=1S/C15H18N2O/c1-11(16)14-8-9-15(17-12(14)2)18-10-13-6-4-3-5-7-13/h3-9,11H,10,16H2,1-2H3/t11-/m0/s1. The van der Waals surface area contributed by atoms with E-state index in [-0.39, 0.29) is 6.04 Å². The molecule has 94 valence electrons. The molecule has 1 aromatic heterocycles. The van der Waals surface area contributed by atoms with E-state index in [0.29, 0.717) is 12.5 Å². The number of ether oxygens (including phenoxy) is 1. The van der Waals surface area contributed by atoms with Gasteiger partial charge >= 0.3 is 0 Å². The van der Waals surface area contributed by atoms with Gasteiger partial charge in [0.25, 0.3) is 0 Å². The molecule has 0 aliphatic rings. The van der Waals surface area contributed by atoms with Gasteiger partial charge in [-0.2, -0.15) is 0 Å². The summed E-state index contributed by atoms with van der Waals surface area (Å²) in [6.07, 6.45) is 0. The largest absolute Gasteiger partial charge is 0.473 e. The first-order valence-corrected chi connectivity index (χ1v) is 6.06. The van der Waals surface area contributed by atoms with Crippen molar-refractivity contribution in [3.63, 3.8) is 0 Å². The van der Waals surface area contributed by atoms with Gasteiger partial charge < -0.3 is 10.5 Å². The van der Waals surface area contributed by atoms with E-state index in [9.17, 15) is 0 Å². The molecule has 0 aliphatic heterocycles. The molecule has 0 spiro atoms. The highest BCUT2D eigenvalue weighted by molar-refractivity contribution is 5.27. The molecule has 0 unspecified atom stereocenters. The molecule has 18 heavy (non-hydrogen) atoms. The van der Waals surface area contributed by atoms with Crippen molar-refractivity contribution in [2.75, 3.05) is 0 Å². The summed E-state index contributed by atoms with van der Waals surface area (Å²) in [4.78, 5) is 4.41. The SMILES string of the molecule is Cc1nc(OCc2ccccc2)ccc1[C@H](C)N. The van der Waals surface area contributed by atoms with E-state index in [1.165, 1.54) is 0 Å². The molecule has 0 radical (unpaired) electrons. The van der Waals surface area contributed by atoms with Crippen LogP contribution in [-0.2, 0) is 6.61 Å². The highest BCUT2D eigenvalue weighted by Crippen LogP contribution is 2.18. The maximum absolute atomic E-state index is 5.85. The van der Waals surface area contributed by atoms with Crippen LogP contribution in [0.2, 0.25) is 0 Å². The lowest BCUT2D eigenvalue weighted by atomic mass is 10.1. The summed E-state index contributed by atoms with van der Waals surface area (Å²) in [5.74, 6) is 0.640. The summed E-state index contributed by atoms with van der Waals surface area (Å²) in [6, 6.07) is 13.9. The van der Waals surface area contributed by atoms with E-state index < -0.39 is 0 Å². The molecule has 2 aromatic rings. The van der Waals surface area contributed by atoms with E-state index in [4.69, 9.17) is 10.5 Å². The predicted octanol–water partition coefficient (Wildman–Crippen LogP) is 2.99. The lowest BCUT2D eigenvalue weighted by Gasteiger charge is -2.11. The zero-order valence-corrected chi connectivity index (χ0v) is 10.8. The third kappa shape index (κ3) is 3.08. The van der Waals surface area contributed by atoms with Crippen LogP contribution in [0.3, 0.4) is 0 Å². The van der Waals surface area contributed by atoms with Crippen molar-refractivity contribution in [3.05, 3.63) is 59.3 Å². The minimum atomic E-state index is 0.000623. The lowest BCUT2D eigenvalue weighted by molar-refractivity contribution is 0.293. The molecule has 1 heterocycles. The van der Waals surface area contributed by atoms with Crippen LogP contribution in [-0.4, -0.2) is 4.98 Å². The Labute approximate surface area is 108 Å². The number of rotatable bonds is 4. The molecule has 1 atom stereocenters. The number of aryl methyl sites for hydroxylation is 1. The quantitative estimate of drug-likeness (QED) is 0.896. The van der Waals surface area contributed by atoms with Crippen LogP contribution in [0.15, 0.2) is 42.5 Å². The zero-order valence-electron chi connectivity index (χ0n) is 10.8. The number of hydrogen-bond donors (Lipinski definition) is 1. The van der Waals surface area contributed by atoms with Crippen molar-refractivity contribution in [2.45, 2.75) is 26.5 Å². The molecule has 3 nitrogen and oxygen atoms in total. The van der Waals surface area contributed by atoms with E-state index >= 15 is 0 Å². The van der Waals surface area contributed by atoms with Crippen LogP contribution < -0.4 is 10.5 Å². The fourth-order valence-corrected chi connectivity index (χ4v) is 1.84. The Morgan fingerprint density at radius 1 is 1.17 bits per heavy atom. The first-order chi connectivity index (χ1) is 8.66. The second kappa shape index (κ2) is 5.65. The van der Waals surface area contributed by atoms with Crippen LogP contribution in [0.1, 0.15) is 29.8 Å². The Balaban J connectivity index is 2.05. The van der Waals surface area contributed by atoms with Gasteiger partial charge in [-0.1, -0.05) is 36.4 Å². The van der Waals surface area contributed by atoms with Gasteiger partial charge in [0, 0.05) is 17.8 Å². The molecule has 2 rings (SSSR count). The molecule has 0 saturated heterocycles. The van der Waals surface area contributed by atoms with Crippen molar-refractivity contribution in [1.29, 1.82) is 0 Å². The summed E-state index contributed by atoms with van der Waals surface area (Å²) in [5, 5.41) is 0. The number of benzene rings is 1. The highest BCUT2D eigenvalue weighted by Gasteiger charge is 2.06. The molecule has 0 amide bonds. The molecule has 2 N–H and O–H groups in total. The molecule has 0 aliphatic carbocycles. The molecule has 1 aromatic carbocycles. The number of nitrogens with two attached hydrogens (primary N) is 1. The van der Waals surface area contributed by atoms with Crippen molar-refractivity contribution in [2.24, 2.45) is 5.73 Å². The minimum Gasteiger partial charge on any atom is -0.473 e. The lowest BCUT2D eigenvalue weighted by Crippen LogP contribution is -2.08. The Hall–Kier alpha value is -1.87. The van der Waals surface area contributed by atoms with E-state index in [0.717, 1.165) is 16.8 Å². The summed E-state index contributed by atoms with van der Waals surface area (Å²) in [5.41, 5.74) is 8.97. The zero-order chi connectivity index (χ0) is 13.0. The van der Waals surface area contributed by atoms with Crippen molar-refractivity contribution in [1.82, 2.24) is 4.98 Å². The summed E-state index contributed by atoms with van der Waals surface area (Å²) in [7, 11) is 0. The molecule has 0 bridgehead atoms. The average Bonchev–Trinajstić information content (AvgIpc) is 2.37. The highest BCUT2D eigenvalue weighted by atomic mass is 16.5. The fraction of sp³-hybridized carbons (Fsp3) is 0.267. The van der Waals surface area contributed by atoms with E-state index in [1.807, 2.05) is 56.3 Å². The predicted molar refractivity (Wildman–Crippen MR) is 72.4 cm³/mol. The van der Waals surface area contributed by atoms with E-state index in [2.05, 4.69) is 4.98 Å². The second-order valence-corrected chi connectivity index (χ2v) is 4.39. The van der Waals surface area contributed by atoms with Crippen LogP contribution in [0.4, 0.5) is 0 Å². The number of nitrogens with zero attached hydrogens (tertiary/aromatic N) is 1. The minimum absolute atomic E-state index is 0.000623. The third-order valence-electron chi connectivity index (χ3n) is 2.82. The smallest absolute Gasteiger partial charge is 0.213 e. The van der Waals surface area contributed by atoms with Gasteiger partial charge in [0.05, 0.1) is 0 Å². The van der Waals surface area contributed by atoms with Gasteiger partial charge in [0.15, 0.2) is 0 Å². The third-order valence-corrected chi connectivity index (χ3v) is 2.82. The van der Waals surface area contributed by atoms with Gasteiger partial charge in [-0.05, 0) is 25.0 Å². The molecule has 0 fully saturated rings. The summed E-state index contributed by atoms with van der Waals surface area (Å²) < 4.78 is 5.66. The maximum Gasteiger partial charge on any atom is 0.213 e. The summed E-state index contributed by atoms with van der Waals surface area (Å²) in [6.45, 7) is 4.44. The topological polar surface area (TPSA) is 48.1 Å². The molecule has 3 heteroatoms. The number of pyridine rings is 1. The number of hydrogen-bond acceptors (Lipinski definition) is 3. The fourth-order valence-electron chi connectivity index (χ4n) is 1.84. The van der Waals surface area contributed by atoms with Crippen molar-refractivity contribution < 1.29 is 4.74 Å². The van der Waals surface area contributed by atoms with E-state index in [1.54, 1.807) is 0 Å². The molecule has 0 saturated carbocycles. The van der Waals surface area contributed by atoms with Gasteiger partial charge in [-0.3, -0.25) is 0 Å². The van der Waals surface area contributed by atoms with Crippen molar-refractivity contribution in [3.8, 4) is 5.88 Å². The van der Waals surface area contributed by atoms with Gasteiger partial charge in [0.1, 0.15) is 6.61 Å². The van der Waals surface area contributed by atoms with Gasteiger partial charge in [-0.25, -0.2) is 4.98 Å². The Morgan fingerprint density at radius 3 is 2.50 bits per heavy atom. The van der Waals surface area contributed by atoms with Crippen molar-refractivity contribution >= 4 is 0 Å². The Kier molecular flexibility index (Phi) is 3.95. The second-order valence-electron chi connectivity index (χ2n) is 4.39. The normalized spacial score (nSPS) is 12.2. The van der Waals surface area contributed by atoms with Crippen LogP contribution in [0.5, 0.6) is 5.88 Å². The Morgan fingerprint density at radius 2 is 1.89 bits per heavy atom. The first kappa shape index (κ1) is 12.6. The maximum atomic E-state index is 5.85. The Bertz CT molecular complexity index is 509. The number of aromatic nitrogens is 1. The summed E-state index contributed by atoms with van der Waals surface area (Å²) >= 11 is 0. The monoisotopic (exact) mass is 242 g/mol. The van der Waals surface area contributed by atoms with Crippen LogP contribution in [0, 0.1) is 6.92 Å². The van der Waals surface area contributed by atoms with Crippen LogP contribution >= 0.6 is 0 Å². The first-order valence-electron chi connectivity index (χ1n) is 6.06. The van der Waals surface area contributed by atoms with Crippen LogP contribution in [0.25, 0.3) is 0 Å². The average molecular weight is 242 g/mol. The molecular formula is C15H18N2O.